The monoisotopic (exact) mass is 419 g/mol. The Hall–Kier alpha value is -2.28. The smallest absolute Gasteiger partial charge is 0.234 e. The van der Waals surface area contributed by atoms with Crippen molar-refractivity contribution < 1.29 is 14.3 Å². The Kier molecular flexibility index (Phi) is 8.76. The Morgan fingerprint density at radius 2 is 1.79 bits per heavy atom. The van der Waals surface area contributed by atoms with Crippen molar-refractivity contribution in [3.63, 3.8) is 0 Å². The largest absolute Gasteiger partial charge is 0.496 e. The van der Waals surface area contributed by atoms with Gasteiger partial charge in [0.25, 0.3) is 0 Å². The van der Waals surface area contributed by atoms with Gasteiger partial charge in [0.05, 0.1) is 32.8 Å². The number of ether oxygens (including phenoxy) is 2. The van der Waals surface area contributed by atoms with E-state index in [1.165, 1.54) is 0 Å². The second kappa shape index (κ2) is 11.0. The van der Waals surface area contributed by atoms with Gasteiger partial charge in [0.1, 0.15) is 11.5 Å². The van der Waals surface area contributed by atoms with Gasteiger partial charge in [-0.15, -0.1) is 12.4 Å². The van der Waals surface area contributed by atoms with Crippen LogP contribution >= 0.6 is 12.4 Å². The number of piperazine rings is 1. The highest BCUT2D eigenvalue weighted by Gasteiger charge is 2.28. The van der Waals surface area contributed by atoms with Crippen molar-refractivity contribution in [1.82, 2.24) is 15.5 Å². The summed E-state index contributed by atoms with van der Waals surface area (Å²) in [7, 11) is 3.33. The molecule has 2 atom stereocenters. The van der Waals surface area contributed by atoms with E-state index in [1.54, 1.807) is 14.2 Å². The van der Waals surface area contributed by atoms with Crippen molar-refractivity contribution in [1.29, 1.82) is 0 Å². The minimum absolute atomic E-state index is 0. The maximum Gasteiger partial charge on any atom is 0.234 e. The number of carbonyl (C=O) groups excluding carboxylic acids is 1. The van der Waals surface area contributed by atoms with Crippen LogP contribution in [0.2, 0.25) is 0 Å². The third-order valence-electron chi connectivity index (χ3n) is 5.18. The number of nitrogens with one attached hydrogen (secondary N) is 2. The zero-order chi connectivity index (χ0) is 19.9. The number of amides is 1. The first-order valence-corrected chi connectivity index (χ1v) is 9.64. The van der Waals surface area contributed by atoms with Crippen molar-refractivity contribution in [2.75, 3.05) is 40.4 Å². The van der Waals surface area contributed by atoms with Gasteiger partial charge in [-0.1, -0.05) is 36.4 Å². The van der Waals surface area contributed by atoms with Gasteiger partial charge in [0, 0.05) is 30.8 Å². The Labute approximate surface area is 179 Å². The molecule has 1 aliphatic heterocycles. The van der Waals surface area contributed by atoms with Crippen LogP contribution < -0.4 is 20.1 Å². The summed E-state index contributed by atoms with van der Waals surface area (Å²) in [6, 6.07) is 15.7. The van der Waals surface area contributed by atoms with Crippen molar-refractivity contribution in [3.05, 3.63) is 59.7 Å². The number of rotatable bonds is 7. The lowest BCUT2D eigenvalue weighted by Gasteiger charge is -2.36. The SMILES string of the molecule is COc1ccccc1C(C)NC(=O)CN1CCNCC1c1ccccc1OC.Cl. The summed E-state index contributed by atoms with van der Waals surface area (Å²) in [6.45, 7) is 4.77. The van der Waals surface area contributed by atoms with E-state index in [9.17, 15) is 4.79 Å². The minimum Gasteiger partial charge on any atom is -0.496 e. The molecular formula is C22H30ClN3O3. The van der Waals surface area contributed by atoms with Crippen LogP contribution in [0.5, 0.6) is 11.5 Å². The van der Waals surface area contributed by atoms with Gasteiger partial charge in [0.2, 0.25) is 5.91 Å². The number of nitrogens with zero attached hydrogens (tertiary/aromatic N) is 1. The fourth-order valence-electron chi connectivity index (χ4n) is 3.76. The molecule has 1 amide bonds. The summed E-state index contributed by atoms with van der Waals surface area (Å²) in [6.07, 6.45) is 0. The number of methoxy groups -OCH3 is 2. The van der Waals surface area contributed by atoms with E-state index in [0.717, 1.165) is 42.3 Å². The molecule has 6 nitrogen and oxygen atoms in total. The maximum absolute atomic E-state index is 12.8. The quantitative estimate of drug-likeness (QED) is 0.722. The van der Waals surface area contributed by atoms with Gasteiger partial charge < -0.3 is 20.1 Å². The zero-order valence-electron chi connectivity index (χ0n) is 17.2. The van der Waals surface area contributed by atoms with E-state index in [2.05, 4.69) is 21.6 Å². The molecule has 0 saturated carbocycles. The van der Waals surface area contributed by atoms with Crippen LogP contribution in [0.25, 0.3) is 0 Å². The second-order valence-electron chi connectivity index (χ2n) is 6.96. The first kappa shape index (κ1) is 23.0. The average Bonchev–Trinajstić information content (AvgIpc) is 2.74. The first-order valence-electron chi connectivity index (χ1n) is 9.64. The minimum atomic E-state index is -0.128. The Morgan fingerprint density at radius 1 is 1.14 bits per heavy atom. The highest BCUT2D eigenvalue weighted by molar-refractivity contribution is 5.85. The van der Waals surface area contributed by atoms with Gasteiger partial charge in [0.15, 0.2) is 0 Å². The predicted molar refractivity (Wildman–Crippen MR) is 117 cm³/mol. The standard InChI is InChI=1S/C22H29N3O3.ClH/c1-16(17-8-4-6-10-20(17)27-2)24-22(26)15-25-13-12-23-14-19(25)18-9-5-7-11-21(18)28-3;/h4-11,16,19,23H,12-15H2,1-3H3,(H,24,26);1H. The van der Waals surface area contributed by atoms with Crippen LogP contribution in [-0.4, -0.2) is 51.2 Å². The highest BCUT2D eigenvalue weighted by atomic mass is 35.5. The van der Waals surface area contributed by atoms with Crippen LogP contribution in [0.3, 0.4) is 0 Å². The van der Waals surface area contributed by atoms with Gasteiger partial charge in [-0.2, -0.15) is 0 Å². The third-order valence-corrected chi connectivity index (χ3v) is 5.18. The molecule has 0 bridgehead atoms. The maximum atomic E-state index is 12.8. The number of hydrogen-bond donors (Lipinski definition) is 2. The summed E-state index contributed by atoms with van der Waals surface area (Å²) in [5.74, 6) is 1.63. The van der Waals surface area contributed by atoms with E-state index in [-0.39, 0.29) is 30.4 Å². The molecule has 0 spiro atoms. The third kappa shape index (κ3) is 5.63. The first-order chi connectivity index (χ1) is 13.6. The fourth-order valence-corrected chi connectivity index (χ4v) is 3.76. The molecule has 1 heterocycles. The van der Waals surface area contributed by atoms with Gasteiger partial charge in [-0.05, 0) is 19.1 Å². The molecule has 0 radical (unpaired) electrons. The summed E-state index contributed by atoms with van der Waals surface area (Å²) in [4.78, 5) is 15.0. The number of halogens is 1. The van der Waals surface area contributed by atoms with Crippen LogP contribution in [0, 0.1) is 0 Å². The van der Waals surface area contributed by atoms with Crippen molar-refractivity contribution in [2.45, 2.75) is 19.0 Å². The molecule has 1 saturated heterocycles. The predicted octanol–water partition coefficient (Wildman–Crippen LogP) is 2.95. The number of para-hydroxylation sites is 2. The summed E-state index contributed by atoms with van der Waals surface area (Å²) in [5.41, 5.74) is 2.07. The van der Waals surface area contributed by atoms with E-state index in [0.29, 0.717) is 6.54 Å². The number of hydrogen-bond acceptors (Lipinski definition) is 5. The molecule has 2 aromatic carbocycles. The summed E-state index contributed by atoms with van der Waals surface area (Å²) < 4.78 is 10.9. The molecule has 7 heteroatoms. The van der Waals surface area contributed by atoms with E-state index < -0.39 is 0 Å². The lowest BCUT2D eigenvalue weighted by molar-refractivity contribution is -0.123. The van der Waals surface area contributed by atoms with E-state index >= 15 is 0 Å². The average molecular weight is 420 g/mol. The van der Waals surface area contributed by atoms with Crippen LogP contribution in [-0.2, 0) is 4.79 Å². The van der Waals surface area contributed by atoms with Crippen molar-refractivity contribution in [3.8, 4) is 11.5 Å². The van der Waals surface area contributed by atoms with Gasteiger partial charge >= 0.3 is 0 Å². The summed E-state index contributed by atoms with van der Waals surface area (Å²) in [5, 5.41) is 6.53. The lowest BCUT2D eigenvalue weighted by Crippen LogP contribution is -2.49. The van der Waals surface area contributed by atoms with E-state index in [4.69, 9.17) is 9.47 Å². The number of benzene rings is 2. The summed E-state index contributed by atoms with van der Waals surface area (Å²) >= 11 is 0. The Bertz CT molecular complexity index is 802. The lowest BCUT2D eigenvalue weighted by atomic mass is 10.0. The molecule has 158 valence electrons. The van der Waals surface area contributed by atoms with Gasteiger partial charge in [-0.3, -0.25) is 9.69 Å². The molecular weight excluding hydrogens is 390 g/mol. The molecule has 0 aromatic heterocycles. The van der Waals surface area contributed by atoms with Crippen molar-refractivity contribution >= 4 is 18.3 Å². The fraction of sp³-hybridized carbons (Fsp3) is 0.409. The molecule has 1 fully saturated rings. The topological polar surface area (TPSA) is 62.8 Å². The van der Waals surface area contributed by atoms with Crippen LogP contribution in [0.1, 0.15) is 30.1 Å². The molecule has 2 unspecified atom stereocenters. The molecule has 1 aliphatic rings. The van der Waals surface area contributed by atoms with Gasteiger partial charge in [-0.25, -0.2) is 0 Å². The Morgan fingerprint density at radius 3 is 2.52 bits per heavy atom. The second-order valence-corrected chi connectivity index (χ2v) is 6.96. The number of carbonyl (C=O) groups is 1. The molecule has 0 aliphatic carbocycles. The van der Waals surface area contributed by atoms with Crippen LogP contribution in [0.15, 0.2) is 48.5 Å². The molecule has 2 aromatic rings. The molecule has 2 N–H and O–H groups in total. The zero-order valence-corrected chi connectivity index (χ0v) is 18.0. The highest BCUT2D eigenvalue weighted by Crippen LogP contribution is 2.30. The van der Waals surface area contributed by atoms with Crippen molar-refractivity contribution in [2.24, 2.45) is 0 Å². The molecule has 29 heavy (non-hydrogen) atoms. The van der Waals surface area contributed by atoms with E-state index in [1.807, 2.05) is 49.4 Å². The molecule has 3 rings (SSSR count). The Balaban J connectivity index is 0.00000300. The van der Waals surface area contributed by atoms with Crippen LogP contribution in [0.4, 0.5) is 0 Å². The normalized spacial score (nSPS) is 17.7.